The fourth-order valence-corrected chi connectivity index (χ4v) is 1.95. The van der Waals surface area contributed by atoms with Crippen molar-refractivity contribution in [2.45, 2.75) is 19.9 Å². The second-order valence-electron chi connectivity index (χ2n) is 4.35. The van der Waals surface area contributed by atoms with Crippen molar-refractivity contribution in [2.75, 3.05) is 7.11 Å². The first-order chi connectivity index (χ1) is 9.38. The third-order valence-corrected chi connectivity index (χ3v) is 2.97. The fraction of sp³-hybridized carbons (Fsp3) is 0.286. The Labute approximate surface area is 126 Å². The van der Waals surface area contributed by atoms with Crippen LogP contribution in [0.3, 0.4) is 0 Å². The van der Waals surface area contributed by atoms with Crippen molar-refractivity contribution in [2.24, 2.45) is 0 Å². The number of nitrogens with one attached hydrogen (secondary N) is 1. The summed E-state index contributed by atoms with van der Waals surface area (Å²) in [4.78, 5) is 11.8. The van der Waals surface area contributed by atoms with Gasteiger partial charge in [-0.15, -0.1) is 0 Å². The van der Waals surface area contributed by atoms with Crippen molar-refractivity contribution in [3.8, 4) is 17.6 Å². The summed E-state index contributed by atoms with van der Waals surface area (Å²) in [7, 11) is 1.42. The summed E-state index contributed by atoms with van der Waals surface area (Å²) >= 11 is 3.18. The SMILES string of the molecule is COc1cc(/C=C(/C#N)C(=O)NC(C)C)cc(Br)c1O. The summed E-state index contributed by atoms with van der Waals surface area (Å²) in [5, 5.41) is 21.4. The molecule has 0 fully saturated rings. The molecular formula is C14H15BrN2O3. The number of phenolic OH excluding ortho intramolecular Hbond substituents is 1. The molecule has 0 aliphatic rings. The first kappa shape index (κ1) is 16.1. The quantitative estimate of drug-likeness (QED) is 0.653. The van der Waals surface area contributed by atoms with E-state index in [1.165, 1.54) is 13.2 Å². The summed E-state index contributed by atoms with van der Waals surface area (Å²) in [6, 6.07) is 4.94. The number of nitrogens with zero attached hydrogens (tertiary/aromatic N) is 1. The van der Waals surface area contributed by atoms with Gasteiger partial charge in [-0.3, -0.25) is 4.79 Å². The molecule has 1 rings (SSSR count). The van der Waals surface area contributed by atoms with E-state index in [4.69, 9.17) is 10.00 Å². The third kappa shape index (κ3) is 4.00. The van der Waals surface area contributed by atoms with Crippen LogP contribution in [0.1, 0.15) is 19.4 Å². The molecule has 0 aliphatic carbocycles. The Hall–Kier alpha value is -2.00. The van der Waals surface area contributed by atoms with Gasteiger partial charge in [-0.05, 0) is 53.5 Å². The number of ether oxygens (including phenoxy) is 1. The molecule has 20 heavy (non-hydrogen) atoms. The van der Waals surface area contributed by atoms with Crippen LogP contribution in [0.5, 0.6) is 11.5 Å². The molecule has 0 spiro atoms. The Balaban J connectivity index is 3.17. The summed E-state index contributed by atoms with van der Waals surface area (Å²) in [5.41, 5.74) is 0.556. The van der Waals surface area contributed by atoms with Crippen molar-refractivity contribution in [1.29, 1.82) is 5.26 Å². The molecule has 6 heteroatoms. The van der Waals surface area contributed by atoms with E-state index >= 15 is 0 Å². The monoisotopic (exact) mass is 338 g/mol. The molecule has 0 saturated heterocycles. The number of phenols is 1. The fourth-order valence-electron chi connectivity index (χ4n) is 1.49. The van der Waals surface area contributed by atoms with E-state index in [9.17, 15) is 9.90 Å². The molecule has 1 aromatic rings. The third-order valence-electron chi connectivity index (χ3n) is 2.37. The van der Waals surface area contributed by atoms with Gasteiger partial charge in [-0.25, -0.2) is 0 Å². The number of carbonyl (C=O) groups excluding carboxylic acids is 1. The average Bonchev–Trinajstić information content (AvgIpc) is 2.38. The minimum atomic E-state index is -0.439. The Morgan fingerprint density at radius 3 is 2.70 bits per heavy atom. The zero-order chi connectivity index (χ0) is 15.3. The van der Waals surface area contributed by atoms with Crippen LogP contribution in [-0.4, -0.2) is 24.2 Å². The Bertz CT molecular complexity index is 589. The Kier molecular flexibility index (Phi) is 5.59. The van der Waals surface area contributed by atoms with Gasteiger partial charge in [0.05, 0.1) is 11.6 Å². The number of nitriles is 1. The topological polar surface area (TPSA) is 82.3 Å². The molecular weight excluding hydrogens is 324 g/mol. The van der Waals surface area contributed by atoms with E-state index in [1.807, 2.05) is 19.9 Å². The summed E-state index contributed by atoms with van der Waals surface area (Å²) in [6.45, 7) is 3.63. The van der Waals surface area contributed by atoms with E-state index in [1.54, 1.807) is 12.1 Å². The highest BCUT2D eigenvalue weighted by Crippen LogP contribution is 2.35. The molecule has 0 saturated carbocycles. The van der Waals surface area contributed by atoms with Gasteiger partial charge >= 0.3 is 0 Å². The molecule has 2 N–H and O–H groups in total. The number of rotatable bonds is 4. The van der Waals surface area contributed by atoms with Crippen molar-refractivity contribution in [1.82, 2.24) is 5.32 Å². The van der Waals surface area contributed by atoms with Gasteiger partial charge < -0.3 is 15.2 Å². The molecule has 0 aliphatic heterocycles. The number of benzene rings is 1. The standard InChI is InChI=1S/C14H15BrN2O3/c1-8(2)17-14(19)10(7-16)4-9-5-11(15)13(18)12(6-9)20-3/h4-6,8,18H,1-3H3,(H,17,19)/b10-4-. The van der Waals surface area contributed by atoms with Crippen LogP contribution in [-0.2, 0) is 4.79 Å². The lowest BCUT2D eigenvalue weighted by atomic mass is 10.1. The number of hydrogen-bond donors (Lipinski definition) is 2. The van der Waals surface area contributed by atoms with E-state index in [0.29, 0.717) is 10.0 Å². The van der Waals surface area contributed by atoms with Crippen LogP contribution < -0.4 is 10.1 Å². The van der Waals surface area contributed by atoms with Crippen LogP contribution in [0, 0.1) is 11.3 Å². The summed E-state index contributed by atoms with van der Waals surface area (Å²) in [5.74, 6) is -0.215. The van der Waals surface area contributed by atoms with Crippen molar-refractivity contribution < 1.29 is 14.6 Å². The number of amides is 1. The molecule has 0 unspecified atom stereocenters. The van der Waals surface area contributed by atoms with Crippen LogP contribution in [0.4, 0.5) is 0 Å². The number of carbonyl (C=O) groups is 1. The Morgan fingerprint density at radius 1 is 1.55 bits per heavy atom. The maximum Gasteiger partial charge on any atom is 0.262 e. The van der Waals surface area contributed by atoms with Crippen LogP contribution in [0.15, 0.2) is 22.2 Å². The highest BCUT2D eigenvalue weighted by atomic mass is 79.9. The predicted octanol–water partition coefficient (Wildman–Crippen LogP) is 2.59. The van der Waals surface area contributed by atoms with E-state index in [2.05, 4.69) is 21.2 Å². The largest absolute Gasteiger partial charge is 0.503 e. The molecule has 1 aromatic carbocycles. The minimum Gasteiger partial charge on any atom is -0.503 e. The molecule has 0 radical (unpaired) electrons. The second-order valence-corrected chi connectivity index (χ2v) is 5.21. The van der Waals surface area contributed by atoms with Gasteiger partial charge in [0.2, 0.25) is 0 Å². The number of halogens is 1. The van der Waals surface area contributed by atoms with Crippen molar-refractivity contribution in [3.63, 3.8) is 0 Å². The van der Waals surface area contributed by atoms with E-state index in [0.717, 1.165) is 0 Å². The van der Waals surface area contributed by atoms with Gasteiger partial charge in [-0.1, -0.05) is 0 Å². The lowest BCUT2D eigenvalue weighted by Gasteiger charge is -2.08. The lowest BCUT2D eigenvalue weighted by Crippen LogP contribution is -2.30. The van der Waals surface area contributed by atoms with Crippen LogP contribution >= 0.6 is 15.9 Å². The van der Waals surface area contributed by atoms with Gasteiger partial charge in [0.1, 0.15) is 11.6 Å². The first-order valence-corrected chi connectivity index (χ1v) is 6.67. The zero-order valence-corrected chi connectivity index (χ0v) is 13.0. The molecule has 5 nitrogen and oxygen atoms in total. The maximum absolute atomic E-state index is 11.8. The van der Waals surface area contributed by atoms with Crippen LogP contribution in [0.25, 0.3) is 6.08 Å². The van der Waals surface area contributed by atoms with E-state index in [-0.39, 0.29) is 23.1 Å². The van der Waals surface area contributed by atoms with Gasteiger partial charge in [-0.2, -0.15) is 5.26 Å². The molecule has 0 bridgehead atoms. The van der Waals surface area contributed by atoms with Crippen LogP contribution in [0.2, 0.25) is 0 Å². The molecule has 0 aromatic heterocycles. The number of hydrogen-bond acceptors (Lipinski definition) is 4. The van der Waals surface area contributed by atoms with Gasteiger partial charge in [0.25, 0.3) is 5.91 Å². The number of aromatic hydroxyl groups is 1. The predicted molar refractivity (Wildman–Crippen MR) is 79.2 cm³/mol. The van der Waals surface area contributed by atoms with Crippen molar-refractivity contribution in [3.05, 3.63) is 27.7 Å². The second kappa shape index (κ2) is 6.96. The summed E-state index contributed by atoms with van der Waals surface area (Å²) in [6.07, 6.45) is 1.43. The number of methoxy groups -OCH3 is 1. The van der Waals surface area contributed by atoms with E-state index < -0.39 is 5.91 Å². The lowest BCUT2D eigenvalue weighted by molar-refractivity contribution is -0.117. The molecule has 0 heterocycles. The smallest absolute Gasteiger partial charge is 0.262 e. The van der Waals surface area contributed by atoms with Gasteiger partial charge in [0, 0.05) is 6.04 Å². The highest BCUT2D eigenvalue weighted by Gasteiger charge is 2.12. The Morgan fingerprint density at radius 2 is 2.20 bits per heavy atom. The van der Waals surface area contributed by atoms with Crippen molar-refractivity contribution >= 4 is 27.9 Å². The molecule has 106 valence electrons. The zero-order valence-electron chi connectivity index (χ0n) is 11.4. The molecule has 1 amide bonds. The first-order valence-electron chi connectivity index (χ1n) is 5.88. The highest BCUT2D eigenvalue weighted by molar-refractivity contribution is 9.10. The average molecular weight is 339 g/mol. The normalized spacial score (nSPS) is 11.1. The summed E-state index contributed by atoms with van der Waals surface area (Å²) < 4.78 is 5.43. The maximum atomic E-state index is 11.8. The minimum absolute atomic E-state index is 0.0154. The van der Waals surface area contributed by atoms with Gasteiger partial charge in [0.15, 0.2) is 11.5 Å². The molecule has 0 atom stereocenters.